The molecule has 1 heterocycles. The molecule has 96 valence electrons. The van der Waals surface area contributed by atoms with Crippen LogP contribution < -0.4 is 5.32 Å². The number of carbonyl (C=O) groups is 1. The Labute approximate surface area is 110 Å². The molecule has 0 aliphatic rings. The average molecular weight is 278 g/mol. The fourth-order valence-corrected chi connectivity index (χ4v) is 2.49. The van der Waals surface area contributed by atoms with E-state index >= 15 is 0 Å². The predicted octanol–water partition coefficient (Wildman–Crippen LogP) is 1.84. The number of carbonyl (C=O) groups excluding carboxylic acids is 1. The largest absolute Gasteiger partial charge is 0.391 e. The van der Waals surface area contributed by atoms with Crippen LogP contribution in [0.1, 0.15) is 21.7 Å². The maximum atomic E-state index is 11.7. The summed E-state index contributed by atoms with van der Waals surface area (Å²) in [5.41, 5.74) is 0.904. The summed E-state index contributed by atoms with van der Waals surface area (Å²) in [4.78, 5) is 12.2. The summed E-state index contributed by atoms with van der Waals surface area (Å²) in [5, 5.41) is 14.5. The summed E-state index contributed by atoms with van der Waals surface area (Å²) in [6.07, 6.45) is -0.0949. The zero-order chi connectivity index (χ0) is 12.8. The normalized spacial score (nSPS) is 12.5. The fourth-order valence-electron chi connectivity index (χ4n) is 1.29. The van der Waals surface area contributed by atoms with Crippen LogP contribution in [-0.4, -0.2) is 37.4 Å². The lowest BCUT2D eigenvalue weighted by Gasteiger charge is -2.09. The zero-order valence-corrected chi connectivity index (χ0v) is 11.4. The molecule has 4 nitrogen and oxygen atoms in total. The van der Waals surface area contributed by atoms with Crippen LogP contribution in [0.15, 0.2) is 5.38 Å². The van der Waals surface area contributed by atoms with E-state index in [9.17, 15) is 9.90 Å². The van der Waals surface area contributed by atoms with Crippen molar-refractivity contribution < 1.29 is 14.6 Å². The van der Waals surface area contributed by atoms with Gasteiger partial charge in [-0.1, -0.05) is 11.6 Å². The van der Waals surface area contributed by atoms with Gasteiger partial charge in [-0.15, -0.1) is 11.3 Å². The van der Waals surface area contributed by atoms with Crippen molar-refractivity contribution in [3.8, 4) is 0 Å². The molecule has 0 aliphatic carbocycles. The first-order valence-electron chi connectivity index (χ1n) is 5.25. The smallest absolute Gasteiger partial charge is 0.262 e. The third kappa shape index (κ3) is 4.27. The van der Waals surface area contributed by atoms with E-state index in [4.69, 9.17) is 16.3 Å². The molecule has 0 fully saturated rings. The molecular weight excluding hydrogens is 262 g/mol. The van der Waals surface area contributed by atoms with E-state index in [1.54, 1.807) is 0 Å². The SMILES string of the molecule is COCC(O)CCNC(=O)c1scc(C)c1Cl. The summed E-state index contributed by atoms with van der Waals surface area (Å²) in [6.45, 7) is 2.53. The van der Waals surface area contributed by atoms with Gasteiger partial charge in [0.15, 0.2) is 0 Å². The molecule has 0 aromatic carbocycles. The summed E-state index contributed by atoms with van der Waals surface area (Å²) in [7, 11) is 1.52. The minimum Gasteiger partial charge on any atom is -0.391 e. The number of halogens is 1. The maximum Gasteiger partial charge on any atom is 0.262 e. The van der Waals surface area contributed by atoms with Gasteiger partial charge in [-0.3, -0.25) is 4.79 Å². The highest BCUT2D eigenvalue weighted by Gasteiger charge is 2.14. The number of amides is 1. The van der Waals surface area contributed by atoms with Crippen LogP contribution in [0, 0.1) is 6.92 Å². The van der Waals surface area contributed by atoms with Gasteiger partial charge in [0.05, 0.1) is 17.7 Å². The Kier molecular flexibility index (Phi) is 5.91. The van der Waals surface area contributed by atoms with E-state index in [0.717, 1.165) is 5.56 Å². The second-order valence-electron chi connectivity index (χ2n) is 3.72. The van der Waals surface area contributed by atoms with Crippen molar-refractivity contribution in [3.05, 3.63) is 20.8 Å². The second-order valence-corrected chi connectivity index (χ2v) is 4.97. The zero-order valence-electron chi connectivity index (χ0n) is 9.83. The Balaban J connectivity index is 2.38. The summed E-state index contributed by atoms with van der Waals surface area (Å²) in [6, 6.07) is 0. The molecule has 0 radical (unpaired) electrons. The molecule has 2 N–H and O–H groups in total. The molecule has 0 spiro atoms. The van der Waals surface area contributed by atoms with Crippen molar-refractivity contribution in [2.24, 2.45) is 0 Å². The first-order valence-corrected chi connectivity index (χ1v) is 6.50. The van der Waals surface area contributed by atoms with Crippen LogP contribution >= 0.6 is 22.9 Å². The van der Waals surface area contributed by atoms with Crippen LogP contribution in [0.5, 0.6) is 0 Å². The monoisotopic (exact) mass is 277 g/mol. The fraction of sp³-hybridized carbons (Fsp3) is 0.545. The molecule has 1 aromatic heterocycles. The van der Waals surface area contributed by atoms with Gasteiger partial charge in [-0.05, 0) is 24.3 Å². The van der Waals surface area contributed by atoms with Crippen LogP contribution in [0.25, 0.3) is 0 Å². The predicted molar refractivity (Wildman–Crippen MR) is 68.9 cm³/mol. The number of ether oxygens (including phenoxy) is 1. The number of aliphatic hydroxyl groups excluding tert-OH is 1. The number of aryl methyl sites for hydroxylation is 1. The summed E-state index contributed by atoms with van der Waals surface area (Å²) < 4.78 is 4.79. The van der Waals surface area contributed by atoms with Gasteiger partial charge in [0.25, 0.3) is 5.91 Å². The second kappa shape index (κ2) is 6.96. The lowest BCUT2D eigenvalue weighted by molar-refractivity contribution is 0.0588. The number of thiophene rings is 1. The Hall–Kier alpha value is -0.620. The van der Waals surface area contributed by atoms with Gasteiger partial charge < -0.3 is 15.2 Å². The standard InChI is InChI=1S/C11H16ClNO3S/c1-7-6-17-10(9(7)12)11(15)13-4-3-8(14)5-16-2/h6,8,14H,3-5H2,1-2H3,(H,13,15). The number of hydrogen-bond acceptors (Lipinski definition) is 4. The van der Waals surface area contributed by atoms with Crippen molar-refractivity contribution in [2.45, 2.75) is 19.4 Å². The Morgan fingerprint density at radius 3 is 2.94 bits per heavy atom. The van der Waals surface area contributed by atoms with Crippen LogP contribution in [0.3, 0.4) is 0 Å². The topological polar surface area (TPSA) is 58.6 Å². The molecule has 0 aliphatic heterocycles. The lowest BCUT2D eigenvalue weighted by atomic mass is 10.2. The molecule has 1 unspecified atom stereocenters. The minimum atomic E-state index is -0.555. The van der Waals surface area contributed by atoms with Crippen LogP contribution in [-0.2, 0) is 4.74 Å². The highest BCUT2D eigenvalue weighted by molar-refractivity contribution is 7.13. The third-order valence-corrected chi connectivity index (χ3v) is 3.92. The first-order chi connectivity index (χ1) is 8.06. The lowest BCUT2D eigenvalue weighted by Crippen LogP contribution is -2.28. The van der Waals surface area contributed by atoms with Gasteiger partial charge in [0.1, 0.15) is 4.88 Å². The van der Waals surface area contributed by atoms with E-state index in [2.05, 4.69) is 5.32 Å². The van der Waals surface area contributed by atoms with Crippen LogP contribution in [0.2, 0.25) is 5.02 Å². The van der Waals surface area contributed by atoms with Crippen molar-refractivity contribution in [2.75, 3.05) is 20.3 Å². The molecule has 1 atom stereocenters. The van der Waals surface area contributed by atoms with Gasteiger partial charge in [-0.25, -0.2) is 0 Å². The molecule has 6 heteroatoms. The molecule has 1 rings (SSSR count). The highest BCUT2D eigenvalue weighted by atomic mass is 35.5. The number of methoxy groups -OCH3 is 1. The van der Waals surface area contributed by atoms with E-state index in [1.807, 2.05) is 12.3 Å². The molecule has 0 bridgehead atoms. The molecular formula is C11H16ClNO3S. The number of rotatable bonds is 6. The van der Waals surface area contributed by atoms with Crippen molar-refractivity contribution in [3.63, 3.8) is 0 Å². The van der Waals surface area contributed by atoms with Crippen molar-refractivity contribution >= 4 is 28.8 Å². The molecule has 1 aromatic rings. The summed E-state index contributed by atoms with van der Waals surface area (Å²) >= 11 is 7.30. The average Bonchev–Trinajstić information content (AvgIpc) is 2.60. The number of aliphatic hydroxyl groups is 1. The minimum absolute atomic E-state index is 0.197. The highest BCUT2D eigenvalue weighted by Crippen LogP contribution is 2.26. The van der Waals surface area contributed by atoms with Crippen LogP contribution in [0.4, 0.5) is 0 Å². The van der Waals surface area contributed by atoms with Gasteiger partial charge in [-0.2, -0.15) is 0 Å². The molecule has 0 saturated carbocycles. The van der Waals surface area contributed by atoms with Gasteiger partial charge >= 0.3 is 0 Å². The Morgan fingerprint density at radius 1 is 1.71 bits per heavy atom. The molecule has 17 heavy (non-hydrogen) atoms. The third-order valence-electron chi connectivity index (χ3n) is 2.23. The van der Waals surface area contributed by atoms with Gasteiger partial charge in [0.2, 0.25) is 0 Å². The maximum absolute atomic E-state index is 11.7. The van der Waals surface area contributed by atoms with E-state index in [0.29, 0.717) is 22.9 Å². The van der Waals surface area contributed by atoms with E-state index in [1.165, 1.54) is 18.4 Å². The van der Waals surface area contributed by atoms with Crippen molar-refractivity contribution in [1.82, 2.24) is 5.32 Å². The quantitative estimate of drug-likeness (QED) is 0.834. The Bertz CT molecular complexity index is 381. The van der Waals surface area contributed by atoms with Gasteiger partial charge in [0, 0.05) is 13.7 Å². The molecule has 1 amide bonds. The summed E-state index contributed by atoms with van der Waals surface area (Å²) in [5.74, 6) is -0.197. The van der Waals surface area contributed by atoms with Crippen molar-refractivity contribution in [1.29, 1.82) is 0 Å². The van der Waals surface area contributed by atoms with E-state index in [-0.39, 0.29) is 12.5 Å². The number of nitrogens with one attached hydrogen (secondary N) is 1. The first kappa shape index (κ1) is 14.4. The molecule has 0 saturated heterocycles. The number of hydrogen-bond donors (Lipinski definition) is 2. The Morgan fingerprint density at radius 2 is 2.41 bits per heavy atom. The van der Waals surface area contributed by atoms with E-state index < -0.39 is 6.10 Å².